The maximum absolute atomic E-state index is 18.3. The Labute approximate surface area is 324 Å². The van der Waals surface area contributed by atoms with Crippen LogP contribution < -0.4 is 19.3 Å². The number of fused-ring (bicyclic) bond motifs is 2. The van der Waals surface area contributed by atoms with E-state index in [0.717, 1.165) is 24.3 Å². The molecular weight excluding hydrogens is 766 g/mol. The molecule has 4 amide bonds. The molecule has 6 aromatic rings. The van der Waals surface area contributed by atoms with Crippen molar-refractivity contribution in [3.05, 3.63) is 179 Å². The Morgan fingerprint density at radius 1 is 0.379 bits per heavy atom. The number of amides is 4. The van der Waals surface area contributed by atoms with Gasteiger partial charge in [-0.15, -0.1) is 0 Å². The Bertz CT molecular complexity index is 2470. The number of para-hydroxylation sites is 2. The van der Waals surface area contributed by atoms with E-state index < -0.39 is 80.8 Å². The molecule has 0 N–H and O–H groups in total. The van der Waals surface area contributed by atoms with Gasteiger partial charge in [-0.1, -0.05) is 60.7 Å². The van der Waals surface area contributed by atoms with Crippen LogP contribution in [0, 0.1) is 0 Å². The van der Waals surface area contributed by atoms with E-state index in [1.165, 1.54) is 97.1 Å². The average Bonchev–Trinajstić information content (AvgIpc) is 3.64. The van der Waals surface area contributed by atoms with Gasteiger partial charge in [0.1, 0.15) is 23.0 Å². The number of anilines is 2. The van der Waals surface area contributed by atoms with Crippen LogP contribution in [0.15, 0.2) is 146 Å². The van der Waals surface area contributed by atoms with Gasteiger partial charge < -0.3 is 9.47 Å². The molecule has 58 heavy (non-hydrogen) atoms. The van der Waals surface area contributed by atoms with Crippen LogP contribution in [-0.2, 0) is 11.3 Å². The van der Waals surface area contributed by atoms with Gasteiger partial charge in [-0.2, -0.15) is 17.6 Å². The van der Waals surface area contributed by atoms with E-state index in [9.17, 15) is 19.2 Å². The molecule has 2 aliphatic heterocycles. The zero-order chi connectivity index (χ0) is 40.8. The van der Waals surface area contributed by atoms with Gasteiger partial charge >= 0.3 is 11.8 Å². The summed E-state index contributed by atoms with van der Waals surface area (Å²) in [5.41, 5.74) is -14.6. The summed E-state index contributed by atoms with van der Waals surface area (Å²) >= 11 is 0. The predicted molar refractivity (Wildman–Crippen MR) is 197 cm³/mol. The van der Waals surface area contributed by atoms with Crippen molar-refractivity contribution in [2.75, 3.05) is 9.80 Å². The van der Waals surface area contributed by atoms with E-state index in [-0.39, 0.29) is 33.8 Å². The third-order valence-corrected chi connectivity index (χ3v) is 10.4. The maximum atomic E-state index is 18.3. The van der Waals surface area contributed by atoms with Crippen LogP contribution in [0.5, 0.6) is 23.0 Å². The summed E-state index contributed by atoms with van der Waals surface area (Å²) in [5, 5.41) is 0. The first-order chi connectivity index (χ1) is 27.7. The van der Waals surface area contributed by atoms with E-state index in [1.807, 2.05) is 0 Å². The first-order valence-electron chi connectivity index (χ1n) is 17.6. The Balaban J connectivity index is 1.27. The highest BCUT2D eigenvalue weighted by molar-refractivity contribution is 6.35. The number of ether oxygens (including phenoxy) is 2. The molecule has 6 aromatic carbocycles. The number of rotatable bonds is 8. The fourth-order valence-electron chi connectivity index (χ4n) is 7.62. The number of carbonyl (C=O) groups excluding carboxylic acids is 4. The Kier molecular flexibility index (Phi) is 7.94. The summed E-state index contributed by atoms with van der Waals surface area (Å²) in [6.45, 7) is 0. The predicted octanol–water partition coefficient (Wildman–Crippen LogP) is 10.2. The summed E-state index contributed by atoms with van der Waals surface area (Å²) in [4.78, 5) is 55.0. The van der Waals surface area contributed by atoms with E-state index in [1.54, 1.807) is 12.1 Å². The van der Waals surface area contributed by atoms with Crippen LogP contribution in [0.4, 0.5) is 37.7 Å². The summed E-state index contributed by atoms with van der Waals surface area (Å²) in [5.74, 6) is -17.4. The molecule has 0 bridgehead atoms. The van der Waals surface area contributed by atoms with Gasteiger partial charge in [0.2, 0.25) is 0 Å². The fraction of sp³-hybridized carbons (Fsp3) is 0.0909. The second-order valence-electron chi connectivity index (χ2n) is 13.6. The number of halogens is 6. The van der Waals surface area contributed by atoms with Crippen molar-refractivity contribution < 1.29 is 55.0 Å². The zero-order valence-electron chi connectivity index (χ0n) is 29.5. The molecule has 3 aliphatic rings. The second kappa shape index (κ2) is 12.6. The van der Waals surface area contributed by atoms with Crippen molar-refractivity contribution in [1.82, 2.24) is 0 Å². The van der Waals surface area contributed by atoms with E-state index >= 15 is 26.3 Å². The maximum Gasteiger partial charge on any atom is 0.355 e. The Hall–Kier alpha value is -7.22. The molecule has 2 atom stereocenters. The van der Waals surface area contributed by atoms with Gasteiger partial charge in [0.15, 0.2) is 0 Å². The third kappa shape index (κ3) is 4.77. The number of hydrogen-bond acceptors (Lipinski definition) is 6. The van der Waals surface area contributed by atoms with Crippen LogP contribution in [0.25, 0.3) is 0 Å². The lowest BCUT2D eigenvalue weighted by Crippen LogP contribution is -2.82. The summed E-state index contributed by atoms with van der Waals surface area (Å²) < 4.78 is 113. The minimum atomic E-state index is -5.86. The minimum Gasteiger partial charge on any atom is -0.457 e. The van der Waals surface area contributed by atoms with Gasteiger partial charge in [0, 0.05) is 11.1 Å². The SMILES string of the molecule is O=C1c2ccccc2C(=O)N1c1ccc(Oc2ccccc2)c(C2(F)C(F)(F)C(F)(F)C2(F)c2cc(N3C(=O)c4ccccc4C3=O)ccc2Oc2ccccc2)c1. The van der Waals surface area contributed by atoms with Crippen LogP contribution in [0.1, 0.15) is 52.6 Å². The lowest BCUT2D eigenvalue weighted by Gasteiger charge is -2.59. The molecule has 14 heteroatoms. The van der Waals surface area contributed by atoms with Crippen molar-refractivity contribution in [3.63, 3.8) is 0 Å². The van der Waals surface area contributed by atoms with Gasteiger partial charge in [0.05, 0.1) is 33.6 Å². The van der Waals surface area contributed by atoms with Gasteiger partial charge in [0.25, 0.3) is 35.0 Å². The highest BCUT2D eigenvalue weighted by atomic mass is 19.3. The molecule has 2 unspecified atom stereocenters. The number of nitrogens with zero attached hydrogens (tertiary/aromatic N) is 2. The number of hydrogen-bond donors (Lipinski definition) is 0. The van der Waals surface area contributed by atoms with Crippen LogP contribution in [0.2, 0.25) is 0 Å². The molecule has 1 saturated carbocycles. The van der Waals surface area contributed by atoms with Crippen molar-refractivity contribution in [1.29, 1.82) is 0 Å². The van der Waals surface area contributed by atoms with Gasteiger partial charge in [-0.25, -0.2) is 18.6 Å². The molecular formula is C44H24F6N2O6. The van der Waals surface area contributed by atoms with Crippen molar-refractivity contribution in [3.8, 4) is 23.0 Å². The van der Waals surface area contributed by atoms with Crippen LogP contribution in [0.3, 0.4) is 0 Å². The standard InChI is InChI=1S/C44H24F6N2O6/c45-41(33-23-25(19-21-35(33)57-27-11-3-1-4-12-27)51-37(53)29-15-7-8-16-30(29)38(51)54)42(46,44(49,50)43(41,47)48)34-24-26(20-22-36(34)58-28-13-5-2-6-14-28)52-39(55)31-17-9-10-18-32(31)40(52)56/h1-24H. The first kappa shape index (κ1) is 36.4. The first-order valence-corrected chi connectivity index (χ1v) is 17.6. The topological polar surface area (TPSA) is 93.2 Å². The Morgan fingerprint density at radius 2 is 0.672 bits per heavy atom. The summed E-state index contributed by atoms with van der Waals surface area (Å²) in [6, 6.07) is 30.3. The van der Waals surface area contributed by atoms with Gasteiger partial charge in [-0.05, 0) is 84.9 Å². The molecule has 9 rings (SSSR count). The minimum absolute atomic E-state index is 0.0818. The molecule has 2 heterocycles. The van der Waals surface area contributed by atoms with E-state index in [2.05, 4.69) is 0 Å². The monoisotopic (exact) mass is 790 g/mol. The van der Waals surface area contributed by atoms with Crippen LogP contribution in [-0.4, -0.2) is 35.5 Å². The highest BCUT2D eigenvalue weighted by Crippen LogP contribution is 2.78. The molecule has 8 nitrogen and oxygen atoms in total. The number of benzene rings is 6. The Morgan fingerprint density at radius 3 is 0.983 bits per heavy atom. The smallest absolute Gasteiger partial charge is 0.355 e. The summed E-state index contributed by atoms with van der Waals surface area (Å²) in [6.07, 6.45) is 0. The van der Waals surface area contributed by atoms with Crippen LogP contribution >= 0.6 is 0 Å². The zero-order valence-corrected chi connectivity index (χ0v) is 29.5. The third-order valence-electron chi connectivity index (χ3n) is 10.4. The number of imide groups is 2. The van der Waals surface area contributed by atoms with Crippen molar-refractivity contribution in [2.24, 2.45) is 0 Å². The average molecular weight is 791 g/mol. The summed E-state index contributed by atoms with van der Waals surface area (Å²) in [7, 11) is 0. The van der Waals surface area contributed by atoms with Gasteiger partial charge in [-0.3, -0.25) is 19.2 Å². The molecule has 0 saturated heterocycles. The number of alkyl halides is 6. The van der Waals surface area contributed by atoms with Crippen molar-refractivity contribution in [2.45, 2.75) is 23.2 Å². The van der Waals surface area contributed by atoms with E-state index in [4.69, 9.17) is 9.47 Å². The van der Waals surface area contributed by atoms with E-state index in [0.29, 0.717) is 21.9 Å². The molecule has 1 aliphatic carbocycles. The highest BCUT2D eigenvalue weighted by Gasteiger charge is 2.99. The molecule has 0 radical (unpaired) electrons. The normalized spacial score (nSPS) is 21.4. The molecule has 1 fully saturated rings. The molecule has 288 valence electrons. The second-order valence-corrected chi connectivity index (χ2v) is 13.6. The largest absolute Gasteiger partial charge is 0.457 e. The fourth-order valence-corrected chi connectivity index (χ4v) is 7.62. The lowest BCUT2D eigenvalue weighted by atomic mass is 9.55. The lowest BCUT2D eigenvalue weighted by molar-refractivity contribution is -0.451. The van der Waals surface area contributed by atoms with Crippen molar-refractivity contribution >= 4 is 35.0 Å². The quantitative estimate of drug-likeness (QED) is 0.113. The molecule has 0 spiro atoms. The molecule has 0 aromatic heterocycles. The number of carbonyl (C=O) groups is 4.